The molecule has 0 radical (unpaired) electrons. The van der Waals surface area contributed by atoms with E-state index in [2.05, 4.69) is 21.8 Å². The van der Waals surface area contributed by atoms with Crippen molar-refractivity contribution in [1.82, 2.24) is 19.9 Å². The third-order valence-electron chi connectivity index (χ3n) is 7.81. The lowest BCUT2D eigenvalue weighted by Gasteiger charge is -2.41. The highest BCUT2D eigenvalue weighted by atomic mass is 35.5. The number of pyridine rings is 2. The van der Waals surface area contributed by atoms with E-state index in [9.17, 15) is 5.11 Å². The largest absolute Gasteiger partial charge is 0.391 e. The van der Waals surface area contributed by atoms with Gasteiger partial charge in [0, 0.05) is 48.7 Å². The summed E-state index contributed by atoms with van der Waals surface area (Å²) >= 11 is 8.16. The van der Waals surface area contributed by atoms with Gasteiger partial charge >= 0.3 is 0 Å². The van der Waals surface area contributed by atoms with Gasteiger partial charge in [-0.05, 0) is 44.4 Å². The number of piperidine rings is 1. The molecule has 0 amide bonds. The molecular formula is C25H30ClN7O2S. The highest BCUT2D eigenvalue weighted by Crippen LogP contribution is 2.42. The van der Waals surface area contributed by atoms with Crippen molar-refractivity contribution in [3.8, 4) is 0 Å². The number of hydrogen-bond donors (Lipinski definition) is 2. The van der Waals surface area contributed by atoms with Crippen molar-refractivity contribution in [2.24, 2.45) is 11.1 Å². The molecule has 0 saturated carbocycles. The van der Waals surface area contributed by atoms with E-state index >= 15 is 0 Å². The Hall–Kier alpha value is -2.24. The summed E-state index contributed by atoms with van der Waals surface area (Å²) in [7, 11) is 0. The van der Waals surface area contributed by atoms with Crippen LogP contribution < -0.4 is 15.5 Å². The Kier molecular flexibility index (Phi) is 6.41. The maximum absolute atomic E-state index is 9.87. The van der Waals surface area contributed by atoms with Crippen LogP contribution in [-0.4, -0.2) is 76.1 Å². The summed E-state index contributed by atoms with van der Waals surface area (Å²) in [6.07, 6.45) is 6.06. The number of halogens is 1. The molecule has 11 heteroatoms. The molecular weight excluding hydrogens is 498 g/mol. The quantitative estimate of drug-likeness (QED) is 0.524. The van der Waals surface area contributed by atoms with Crippen LogP contribution in [0.2, 0.25) is 5.02 Å². The monoisotopic (exact) mass is 527 g/mol. The average molecular weight is 528 g/mol. The zero-order chi connectivity index (χ0) is 24.9. The minimum atomic E-state index is -0.339. The zero-order valence-corrected chi connectivity index (χ0v) is 21.8. The molecule has 3 aromatic rings. The number of aliphatic hydroxyl groups excluding tert-OH is 1. The standard InChI is InChI=1S/C25H30ClN7O2S/c1-15-22(27)25(14-35-15)6-10-32(11-7-25)19-12-29-23-17(30-19)2-3-20(31-23)36-18-4-8-28-24(21(18)26)33-9-5-16(34)13-33/h2-4,8,12,15-16,22,34H,5-7,9-11,13-14,27H2,1H3/t15-,16+,22+/m0/s1. The van der Waals surface area contributed by atoms with Gasteiger partial charge in [0.15, 0.2) is 5.65 Å². The Labute approximate surface area is 219 Å². The molecule has 3 aliphatic heterocycles. The van der Waals surface area contributed by atoms with Crippen LogP contribution in [0.4, 0.5) is 11.6 Å². The first-order valence-corrected chi connectivity index (χ1v) is 13.6. The third kappa shape index (κ3) is 4.39. The second-order valence-electron chi connectivity index (χ2n) is 10.0. The van der Waals surface area contributed by atoms with Crippen molar-refractivity contribution in [1.29, 1.82) is 0 Å². The highest BCUT2D eigenvalue weighted by Gasteiger charge is 2.47. The Balaban J connectivity index is 1.17. The van der Waals surface area contributed by atoms with Crippen molar-refractivity contribution in [2.75, 3.05) is 42.6 Å². The van der Waals surface area contributed by atoms with Crippen LogP contribution in [-0.2, 0) is 4.74 Å². The lowest BCUT2D eigenvalue weighted by molar-refractivity contribution is 0.0974. The zero-order valence-electron chi connectivity index (χ0n) is 20.2. The summed E-state index contributed by atoms with van der Waals surface area (Å²) in [5.41, 5.74) is 7.91. The minimum Gasteiger partial charge on any atom is -0.391 e. The first-order chi connectivity index (χ1) is 17.4. The Morgan fingerprint density at radius 3 is 2.69 bits per heavy atom. The number of nitrogens with two attached hydrogens (primary N) is 1. The maximum Gasteiger partial charge on any atom is 0.179 e. The second kappa shape index (κ2) is 9.57. The van der Waals surface area contributed by atoms with Gasteiger partial charge in [0.25, 0.3) is 0 Å². The fourth-order valence-corrected chi connectivity index (χ4v) is 6.65. The molecule has 3 atom stereocenters. The Morgan fingerprint density at radius 2 is 1.97 bits per heavy atom. The Morgan fingerprint density at radius 1 is 1.14 bits per heavy atom. The lowest BCUT2D eigenvalue weighted by Crippen LogP contribution is -2.50. The summed E-state index contributed by atoms with van der Waals surface area (Å²) in [5, 5.41) is 11.2. The van der Waals surface area contributed by atoms with Gasteiger partial charge < -0.3 is 25.4 Å². The molecule has 0 aliphatic carbocycles. The van der Waals surface area contributed by atoms with Crippen molar-refractivity contribution < 1.29 is 9.84 Å². The number of fused-ring (bicyclic) bond motifs is 1. The molecule has 36 heavy (non-hydrogen) atoms. The van der Waals surface area contributed by atoms with E-state index in [1.54, 1.807) is 6.20 Å². The van der Waals surface area contributed by atoms with Gasteiger partial charge in [-0.15, -0.1) is 0 Å². The van der Waals surface area contributed by atoms with E-state index in [-0.39, 0.29) is 23.7 Å². The van der Waals surface area contributed by atoms with E-state index in [4.69, 9.17) is 32.0 Å². The minimum absolute atomic E-state index is 0.0799. The third-order valence-corrected chi connectivity index (χ3v) is 9.29. The summed E-state index contributed by atoms with van der Waals surface area (Å²) in [5.74, 6) is 1.57. The second-order valence-corrected chi connectivity index (χ2v) is 11.5. The van der Waals surface area contributed by atoms with Gasteiger partial charge in [0.1, 0.15) is 22.2 Å². The van der Waals surface area contributed by atoms with Gasteiger partial charge in [-0.3, -0.25) is 0 Å². The number of ether oxygens (including phenoxy) is 1. The molecule has 0 unspecified atom stereocenters. The summed E-state index contributed by atoms with van der Waals surface area (Å²) in [6.45, 7) is 5.89. The molecule has 6 heterocycles. The normalized spacial score (nSPS) is 25.8. The van der Waals surface area contributed by atoms with Gasteiger partial charge in [-0.2, -0.15) is 0 Å². The predicted octanol–water partition coefficient (Wildman–Crippen LogP) is 3.13. The van der Waals surface area contributed by atoms with Crippen LogP contribution in [0.5, 0.6) is 0 Å². The van der Waals surface area contributed by atoms with Gasteiger partial charge in [-0.25, -0.2) is 19.9 Å². The molecule has 0 bridgehead atoms. The molecule has 6 rings (SSSR count). The van der Waals surface area contributed by atoms with E-state index in [1.807, 2.05) is 29.3 Å². The number of hydrogen-bond acceptors (Lipinski definition) is 10. The van der Waals surface area contributed by atoms with Crippen LogP contribution in [0, 0.1) is 5.41 Å². The van der Waals surface area contributed by atoms with Crippen molar-refractivity contribution in [3.05, 3.63) is 35.6 Å². The van der Waals surface area contributed by atoms with E-state index in [0.29, 0.717) is 23.0 Å². The van der Waals surface area contributed by atoms with Gasteiger partial charge in [0.2, 0.25) is 0 Å². The van der Waals surface area contributed by atoms with Gasteiger partial charge in [0.05, 0.1) is 30.0 Å². The van der Waals surface area contributed by atoms with Crippen molar-refractivity contribution >= 4 is 46.2 Å². The lowest BCUT2D eigenvalue weighted by atomic mass is 9.73. The molecule has 1 spiro atoms. The van der Waals surface area contributed by atoms with E-state index in [1.165, 1.54) is 11.8 Å². The topological polar surface area (TPSA) is 114 Å². The maximum atomic E-state index is 9.87. The molecule has 9 nitrogen and oxygen atoms in total. The molecule has 0 aromatic carbocycles. The number of aromatic nitrogens is 4. The van der Waals surface area contributed by atoms with Crippen molar-refractivity contribution in [3.63, 3.8) is 0 Å². The summed E-state index contributed by atoms with van der Waals surface area (Å²) in [4.78, 5) is 23.8. The highest BCUT2D eigenvalue weighted by molar-refractivity contribution is 7.99. The molecule has 190 valence electrons. The number of β-amino-alcohol motifs (C(OH)–C–C–N with tert-alkyl or cyclic N) is 1. The smallest absolute Gasteiger partial charge is 0.179 e. The van der Waals surface area contributed by atoms with E-state index < -0.39 is 0 Å². The summed E-state index contributed by atoms with van der Waals surface area (Å²) < 4.78 is 5.85. The van der Waals surface area contributed by atoms with Crippen LogP contribution in [0.3, 0.4) is 0 Å². The first-order valence-electron chi connectivity index (χ1n) is 12.4. The fraction of sp³-hybridized carbons (Fsp3) is 0.520. The molecule has 3 aliphatic rings. The number of nitrogens with zero attached hydrogens (tertiary/aromatic N) is 6. The first kappa shape index (κ1) is 24.1. The SMILES string of the molecule is C[C@@H]1OCC2(CCN(c3cnc4nc(Sc5ccnc(N6CC[C@@H](O)C6)c5Cl)ccc4n3)CC2)[C@@H]1N. The number of aliphatic hydroxyl groups is 1. The van der Waals surface area contributed by atoms with Crippen LogP contribution in [0.25, 0.3) is 11.2 Å². The average Bonchev–Trinajstić information content (AvgIpc) is 3.44. The molecule has 3 N–H and O–H groups in total. The fourth-order valence-electron chi connectivity index (χ4n) is 5.50. The predicted molar refractivity (Wildman–Crippen MR) is 141 cm³/mol. The van der Waals surface area contributed by atoms with Gasteiger partial charge in [-0.1, -0.05) is 23.4 Å². The van der Waals surface area contributed by atoms with Crippen LogP contribution in [0.1, 0.15) is 26.2 Å². The number of rotatable bonds is 4. The molecule has 3 aromatic heterocycles. The summed E-state index contributed by atoms with van der Waals surface area (Å²) in [6, 6.07) is 5.88. The Bertz CT molecular complexity index is 1270. The van der Waals surface area contributed by atoms with E-state index in [0.717, 1.165) is 66.8 Å². The van der Waals surface area contributed by atoms with Crippen molar-refractivity contribution in [2.45, 2.75) is 54.4 Å². The molecule has 3 saturated heterocycles. The van der Waals surface area contributed by atoms with Crippen LogP contribution >= 0.6 is 23.4 Å². The number of anilines is 2. The molecule has 3 fully saturated rings. The van der Waals surface area contributed by atoms with Crippen LogP contribution in [0.15, 0.2) is 40.5 Å².